The summed E-state index contributed by atoms with van der Waals surface area (Å²) in [4.78, 5) is 48.6. The Morgan fingerprint density at radius 2 is 1.55 bits per heavy atom. The van der Waals surface area contributed by atoms with Crippen molar-refractivity contribution in [2.75, 3.05) is 20.8 Å². The summed E-state index contributed by atoms with van der Waals surface area (Å²) in [6.07, 6.45) is 0.628. The molecule has 11 nitrogen and oxygen atoms in total. The van der Waals surface area contributed by atoms with Gasteiger partial charge >= 0.3 is 17.9 Å². The zero-order valence-corrected chi connectivity index (χ0v) is 22.7. The lowest BCUT2D eigenvalue weighted by atomic mass is 10.1. The molecule has 0 aliphatic carbocycles. The molecule has 0 aliphatic heterocycles. The highest BCUT2D eigenvalue weighted by molar-refractivity contribution is 7.89. The molecule has 38 heavy (non-hydrogen) atoms. The Hall–Kier alpha value is -3.77. The lowest BCUT2D eigenvalue weighted by Gasteiger charge is -2.25. The summed E-state index contributed by atoms with van der Waals surface area (Å²) >= 11 is 0. The van der Waals surface area contributed by atoms with Crippen LogP contribution in [-0.4, -0.2) is 64.6 Å². The summed E-state index contributed by atoms with van der Waals surface area (Å²) in [5, 5.41) is 2.53. The third-order valence-electron chi connectivity index (χ3n) is 5.10. The van der Waals surface area contributed by atoms with Crippen LogP contribution in [0.3, 0.4) is 0 Å². The average molecular weight is 549 g/mol. The van der Waals surface area contributed by atoms with Gasteiger partial charge in [0.1, 0.15) is 11.6 Å². The Balaban J connectivity index is 2.21. The first-order chi connectivity index (χ1) is 17.8. The van der Waals surface area contributed by atoms with Crippen molar-refractivity contribution >= 4 is 33.8 Å². The zero-order valence-electron chi connectivity index (χ0n) is 21.9. The van der Waals surface area contributed by atoms with Gasteiger partial charge in [0.2, 0.25) is 10.0 Å². The number of amides is 1. The average Bonchev–Trinajstić information content (AvgIpc) is 2.88. The maximum atomic E-state index is 13.2. The van der Waals surface area contributed by atoms with Gasteiger partial charge in [-0.2, -0.15) is 4.72 Å². The molecule has 0 fully saturated rings. The summed E-state index contributed by atoms with van der Waals surface area (Å²) in [7, 11) is -2.00. The summed E-state index contributed by atoms with van der Waals surface area (Å²) < 4.78 is 43.2. The van der Waals surface area contributed by atoms with Crippen LogP contribution in [0.4, 0.5) is 0 Å². The van der Waals surface area contributed by atoms with E-state index in [0.29, 0.717) is 6.42 Å². The summed E-state index contributed by atoms with van der Waals surface area (Å²) in [6.45, 7) is 4.41. The van der Waals surface area contributed by atoms with Crippen LogP contribution >= 0.6 is 0 Å². The van der Waals surface area contributed by atoms with E-state index < -0.39 is 51.0 Å². The Labute approximate surface area is 221 Å². The molecule has 2 N–H and O–H groups in total. The fourth-order valence-corrected chi connectivity index (χ4v) is 4.62. The first-order valence-electron chi connectivity index (χ1n) is 11.6. The number of hydrogen-bond donors (Lipinski definition) is 2. The zero-order chi connectivity index (χ0) is 28.5. The van der Waals surface area contributed by atoms with Gasteiger partial charge in [-0.1, -0.05) is 24.3 Å². The molecule has 1 atom stereocenters. The lowest BCUT2D eigenvalue weighted by Crippen LogP contribution is -2.50. The number of nitrogens with one attached hydrogen (secondary N) is 2. The van der Waals surface area contributed by atoms with Crippen LogP contribution in [0.2, 0.25) is 0 Å². The van der Waals surface area contributed by atoms with E-state index in [1.165, 1.54) is 31.4 Å². The summed E-state index contributed by atoms with van der Waals surface area (Å²) in [5.41, 5.74) is -0.0830. The van der Waals surface area contributed by atoms with Gasteiger partial charge in [0, 0.05) is 18.5 Å². The second kappa shape index (κ2) is 13.2. The van der Waals surface area contributed by atoms with Crippen LogP contribution in [0.15, 0.2) is 53.4 Å². The van der Waals surface area contributed by atoms with Crippen LogP contribution in [0.1, 0.15) is 53.5 Å². The topological polar surface area (TPSA) is 154 Å². The molecule has 2 aromatic rings. The van der Waals surface area contributed by atoms with E-state index in [0.717, 1.165) is 12.7 Å². The predicted molar refractivity (Wildman–Crippen MR) is 137 cm³/mol. The highest BCUT2D eigenvalue weighted by Gasteiger charge is 2.32. The molecule has 0 bridgehead atoms. The minimum absolute atomic E-state index is 0.193. The van der Waals surface area contributed by atoms with Crippen molar-refractivity contribution in [2.45, 2.75) is 50.2 Å². The molecule has 1 unspecified atom stereocenters. The molecule has 0 spiro atoms. The minimum Gasteiger partial charge on any atom is -0.469 e. The molecule has 0 aromatic heterocycles. The third kappa shape index (κ3) is 8.96. The maximum absolute atomic E-state index is 13.2. The van der Waals surface area contributed by atoms with Crippen molar-refractivity contribution in [3.8, 4) is 0 Å². The Morgan fingerprint density at radius 1 is 0.921 bits per heavy atom. The van der Waals surface area contributed by atoms with Gasteiger partial charge in [-0.05, 0) is 57.0 Å². The second-order valence-electron chi connectivity index (χ2n) is 9.18. The van der Waals surface area contributed by atoms with Gasteiger partial charge < -0.3 is 19.5 Å². The number of hydrogen-bond acceptors (Lipinski definition) is 9. The first-order valence-corrected chi connectivity index (χ1v) is 13.1. The molecule has 0 radical (unpaired) electrons. The third-order valence-corrected chi connectivity index (χ3v) is 6.63. The SMILES string of the molecule is COC(=O)CCc1ccc(C(=O)NCC(NS(=O)(=O)c2ccccc2C(=O)OC)C(=O)OC(C)(C)C)cc1. The molecule has 0 heterocycles. The number of carbonyl (C=O) groups excluding carboxylic acids is 4. The highest BCUT2D eigenvalue weighted by Crippen LogP contribution is 2.18. The Kier molecular flexibility index (Phi) is 10.5. The van der Waals surface area contributed by atoms with E-state index >= 15 is 0 Å². The number of methoxy groups -OCH3 is 2. The van der Waals surface area contributed by atoms with E-state index in [1.54, 1.807) is 45.0 Å². The molecule has 12 heteroatoms. The van der Waals surface area contributed by atoms with Crippen LogP contribution in [0.5, 0.6) is 0 Å². The van der Waals surface area contributed by atoms with Crippen LogP contribution < -0.4 is 10.0 Å². The molecular weight excluding hydrogens is 516 g/mol. The Bertz CT molecular complexity index is 1270. The Morgan fingerprint density at radius 3 is 2.13 bits per heavy atom. The number of aryl methyl sites for hydroxylation is 1. The summed E-state index contributed by atoms with van der Waals surface area (Å²) in [6, 6.07) is 10.3. The van der Waals surface area contributed by atoms with E-state index in [4.69, 9.17) is 4.74 Å². The standard InChI is InChI=1S/C26H32N2O9S/c1-26(2,3)37-25(32)20(28-38(33,34)21-9-7-6-8-19(21)24(31)36-5)16-27-23(30)18-13-10-17(11-14-18)12-15-22(29)35-4/h6-11,13-14,20,28H,12,15-16H2,1-5H3,(H,27,30). The van der Waals surface area contributed by atoms with Crippen LogP contribution in [-0.2, 0) is 40.2 Å². The van der Waals surface area contributed by atoms with E-state index in [-0.39, 0.29) is 23.5 Å². The van der Waals surface area contributed by atoms with Crippen LogP contribution in [0.25, 0.3) is 0 Å². The van der Waals surface area contributed by atoms with Crippen molar-refractivity contribution in [3.05, 3.63) is 65.2 Å². The van der Waals surface area contributed by atoms with Gasteiger partial charge in [-0.3, -0.25) is 14.4 Å². The molecule has 0 aliphatic rings. The highest BCUT2D eigenvalue weighted by atomic mass is 32.2. The predicted octanol–water partition coefficient (Wildman–Crippen LogP) is 2.00. The van der Waals surface area contributed by atoms with Gasteiger partial charge in [0.15, 0.2) is 0 Å². The van der Waals surface area contributed by atoms with E-state index in [2.05, 4.69) is 19.5 Å². The normalized spacial score (nSPS) is 12.2. The van der Waals surface area contributed by atoms with Crippen molar-refractivity contribution < 1.29 is 41.8 Å². The number of sulfonamides is 1. The monoisotopic (exact) mass is 548 g/mol. The van der Waals surface area contributed by atoms with E-state index in [9.17, 15) is 27.6 Å². The lowest BCUT2D eigenvalue weighted by molar-refractivity contribution is -0.156. The maximum Gasteiger partial charge on any atom is 0.339 e. The van der Waals surface area contributed by atoms with Gasteiger partial charge in [0.25, 0.3) is 5.91 Å². The number of benzene rings is 2. The molecule has 206 valence electrons. The number of esters is 3. The van der Waals surface area contributed by atoms with Gasteiger partial charge in [-0.25, -0.2) is 13.2 Å². The molecular formula is C26H32N2O9S. The molecule has 0 saturated heterocycles. The van der Waals surface area contributed by atoms with Crippen LogP contribution in [0, 0.1) is 0 Å². The molecule has 2 rings (SSSR count). The molecule has 1 amide bonds. The van der Waals surface area contributed by atoms with Crippen molar-refractivity contribution in [1.82, 2.24) is 10.0 Å². The smallest absolute Gasteiger partial charge is 0.339 e. The van der Waals surface area contributed by atoms with Crippen molar-refractivity contribution in [1.29, 1.82) is 0 Å². The minimum atomic E-state index is -4.42. The summed E-state index contributed by atoms with van der Waals surface area (Å²) in [5.74, 6) is -2.71. The number of rotatable bonds is 11. The molecule has 2 aromatic carbocycles. The van der Waals surface area contributed by atoms with E-state index in [1.807, 2.05) is 0 Å². The van der Waals surface area contributed by atoms with Crippen molar-refractivity contribution in [2.24, 2.45) is 0 Å². The van der Waals surface area contributed by atoms with Gasteiger partial charge in [-0.15, -0.1) is 0 Å². The number of carbonyl (C=O) groups is 4. The molecule has 0 saturated carbocycles. The van der Waals surface area contributed by atoms with Crippen molar-refractivity contribution in [3.63, 3.8) is 0 Å². The van der Waals surface area contributed by atoms with Gasteiger partial charge in [0.05, 0.1) is 24.7 Å². The quantitative estimate of drug-likeness (QED) is 0.317. The largest absolute Gasteiger partial charge is 0.469 e. The first kappa shape index (κ1) is 30.5. The fraction of sp³-hybridized carbons (Fsp3) is 0.385. The number of ether oxygens (including phenoxy) is 3. The second-order valence-corrected chi connectivity index (χ2v) is 10.9. The fourth-order valence-electron chi connectivity index (χ4n) is 3.24.